The summed E-state index contributed by atoms with van der Waals surface area (Å²) >= 11 is 15.3. The minimum Gasteiger partial charge on any atom is -0.455 e. The summed E-state index contributed by atoms with van der Waals surface area (Å²) < 4.78 is 6.48. The van der Waals surface area contributed by atoms with Gasteiger partial charge in [0.1, 0.15) is 11.5 Å². The zero-order chi connectivity index (χ0) is 14.7. The third-order valence-electron chi connectivity index (χ3n) is 2.44. The Morgan fingerprint density at radius 1 is 1.15 bits per heavy atom. The number of rotatable bonds is 3. The van der Waals surface area contributed by atoms with Crippen LogP contribution in [0.4, 0.5) is 0 Å². The number of benzene rings is 2. The largest absolute Gasteiger partial charge is 0.455 e. The molecule has 0 atom stereocenters. The first kappa shape index (κ1) is 15.0. The first-order valence-electron chi connectivity index (χ1n) is 5.41. The zero-order valence-corrected chi connectivity index (χ0v) is 13.1. The fraction of sp³-hybridized carbons (Fsp3) is 0. The van der Waals surface area contributed by atoms with Crippen LogP contribution in [0, 0.1) is 0 Å². The fourth-order valence-electron chi connectivity index (χ4n) is 1.52. The fourth-order valence-corrected chi connectivity index (χ4v) is 2.18. The molecule has 0 radical (unpaired) electrons. The van der Waals surface area contributed by atoms with Gasteiger partial charge >= 0.3 is 0 Å². The van der Waals surface area contributed by atoms with Crippen LogP contribution in [0.2, 0.25) is 10.0 Å². The number of oxime groups is 1. The molecule has 20 heavy (non-hydrogen) atoms. The van der Waals surface area contributed by atoms with Gasteiger partial charge in [-0.25, -0.2) is 0 Å². The molecule has 0 aliphatic heterocycles. The zero-order valence-electron chi connectivity index (χ0n) is 9.98. The van der Waals surface area contributed by atoms with Crippen molar-refractivity contribution >= 4 is 45.0 Å². The highest BCUT2D eigenvalue weighted by Crippen LogP contribution is 2.34. The Morgan fingerprint density at radius 2 is 1.90 bits per heavy atom. The molecule has 0 amide bonds. The van der Waals surface area contributed by atoms with E-state index in [2.05, 4.69) is 21.1 Å². The SMILES string of the molecule is N/C(=N/O)c1ccc(Br)cc1Oc1cc(Cl)ccc1Cl. The maximum atomic E-state index is 8.80. The lowest BCUT2D eigenvalue weighted by Gasteiger charge is -2.12. The van der Waals surface area contributed by atoms with Crippen molar-refractivity contribution in [1.82, 2.24) is 0 Å². The van der Waals surface area contributed by atoms with Crippen molar-refractivity contribution in [3.8, 4) is 11.5 Å². The van der Waals surface area contributed by atoms with Gasteiger partial charge in [-0.15, -0.1) is 0 Å². The van der Waals surface area contributed by atoms with E-state index in [1.165, 1.54) is 0 Å². The van der Waals surface area contributed by atoms with Crippen LogP contribution in [0.25, 0.3) is 0 Å². The molecule has 0 unspecified atom stereocenters. The second-order valence-electron chi connectivity index (χ2n) is 3.80. The summed E-state index contributed by atoms with van der Waals surface area (Å²) in [6, 6.07) is 9.96. The van der Waals surface area contributed by atoms with Gasteiger partial charge in [-0.05, 0) is 30.3 Å². The molecule has 0 saturated carbocycles. The van der Waals surface area contributed by atoms with Crippen LogP contribution >= 0.6 is 39.1 Å². The molecule has 0 bridgehead atoms. The lowest BCUT2D eigenvalue weighted by Crippen LogP contribution is -2.14. The quantitative estimate of drug-likeness (QED) is 0.355. The molecule has 0 aromatic heterocycles. The van der Waals surface area contributed by atoms with Gasteiger partial charge in [-0.3, -0.25) is 0 Å². The molecular weight excluding hydrogens is 367 g/mol. The highest BCUT2D eigenvalue weighted by Gasteiger charge is 2.12. The van der Waals surface area contributed by atoms with Gasteiger partial charge in [-0.1, -0.05) is 44.3 Å². The van der Waals surface area contributed by atoms with Crippen LogP contribution in [-0.4, -0.2) is 11.0 Å². The monoisotopic (exact) mass is 374 g/mol. The number of hydrogen-bond donors (Lipinski definition) is 2. The smallest absolute Gasteiger partial charge is 0.173 e. The summed E-state index contributed by atoms with van der Waals surface area (Å²) in [7, 11) is 0. The summed E-state index contributed by atoms with van der Waals surface area (Å²) in [5.74, 6) is 0.703. The Labute approximate surface area is 133 Å². The predicted molar refractivity (Wildman–Crippen MR) is 83.2 cm³/mol. The highest BCUT2D eigenvalue weighted by molar-refractivity contribution is 9.10. The van der Waals surface area contributed by atoms with E-state index < -0.39 is 0 Å². The molecule has 2 aromatic carbocycles. The van der Waals surface area contributed by atoms with Crippen molar-refractivity contribution in [3.05, 3.63) is 56.5 Å². The molecule has 0 aliphatic carbocycles. The van der Waals surface area contributed by atoms with Crippen molar-refractivity contribution < 1.29 is 9.94 Å². The van der Waals surface area contributed by atoms with Crippen LogP contribution in [0.1, 0.15) is 5.56 Å². The van der Waals surface area contributed by atoms with E-state index in [1.54, 1.807) is 36.4 Å². The molecular formula is C13H9BrCl2N2O2. The standard InChI is InChI=1S/C13H9BrCl2N2O2/c14-7-1-3-9(13(17)18-19)11(5-7)20-12-6-8(15)2-4-10(12)16/h1-6,19H,(H2,17,18). The van der Waals surface area contributed by atoms with Crippen molar-refractivity contribution in [1.29, 1.82) is 0 Å². The van der Waals surface area contributed by atoms with Crippen molar-refractivity contribution in [2.24, 2.45) is 10.9 Å². The third kappa shape index (κ3) is 3.36. The summed E-state index contributed by atoms with van der Waals surface area (Å²) in [5, 5.41) is 12.7. The van der Waals surface area contributed by atoms with Crippen molar-refractivity contribution in [2.45, 2.75) is 0 Å². The molecule has 7 heteroatoms. The minimum absolute atomic E-state index is 0.0642. The number of amidine groups is 1. The van der Waals surface area contributed by atoms with E-state index in [4.69, 9.17) is 38.9 Å². The first-order chi connectivity index (χ1) is 9.51. The Morgan fingerprint density at radius 3 is 2.60 bits per heavy atom. The predicted octanol–water partition coefficient (Wildman–Crippen LogP) is 4.64. The van der Waals surface area contributed by atoms with Gasteiger partial charge in [0.25, 0.3) is 0 Å². The van der Waals surface area contributed by atoms with Crippen molar-refractivity contribution in [2.75, 3.05) is 0 Å². The second-order valence-corrected chi connectivity index (χ2v) is 5.56. The van der Waals surface area contributed by atoms with Gasteiger partial charge in [0.15, 0.2) is 5.84 Å². The third-order valence-corrected chi connectivity index (χ3v) is 3.48. The van der Waals surface area contributed by atoms with Crippen LogP contribution in [0.3, 0.4) is 0 Å². The average molecular weight is 376 g/mol. The summed E-state index contributed by atoms with van der Waals surface area (Å²) in [6.07, 6.45) is 0. The molecule has 0 heterocycles. The average Bonchev–Trinajstić information content (AvgIpc) is 2.42. The molecule has 0 saturated heterocycles. The van der Waals surface area contributed by atoms with E-state index >= 15 is 0 Å². The molecule has 0 fully saturated rings. The van der Waals surface area contributed by atoms with Gasteiger partial charge in [-0.2, -0.15) is 0 Å². The van der Waals surface area contributed by atoms with Crippen LogP contribution in [0.5, 0.6) is 11.5 Å². The molecule has 0 aliphatic rings. The Hall–Kier alpha value is -1.43. The number of nitrogens with zero attached hydrogens (tertiary/aromatic N) is 1. The van der Waals surface area contributed by atoms with Gasteiger partial charge < -0.3 is 15.7 Å². The van der Waals surface area contributed by atoms with Crippen LogP contribution in [0.15, 0.2) is 46.0 Å². The first-order valence-corrected chi connectivity index (χ1v) is 6.96. The number of halogens is 3. The van der Waals surface area contributed by atoms with Crippen LogP contribution < -0.4 is 10.5 Å². The highest BCUT2D eigenvalue weighted by atomic mass is 79.9. The molecule has 2 aromatic rings. The lowest BCUT2D eigenvalue weighted by molar-refractivity contribution is 0.318. The minimum atomic E-state index is -0.0642. The normalized spacial score (nSPS) is 11.4. The summed E-state index contributed by atoms with van der Waals surface area (Å²) in [4.78, 5) is 0. The van der Waals surface area contributed by atoms with Gasteiger partial charge in [0.05, 0.1) is 10.6 Å². The van der Waals surface area contributed by atoms with Gasteiger partial charge in [0.2, 0.25) is 0 Å². The summed E-state index contributed by atoms with van der Waals surface area (Å²) in [5.41, 5.74) is 6.05. The van der Waals surface area contributed by atoms with E-state index in [0.29, 0.717) is 27.1 Å². The Balaban J connectivity index is 2.47. The Bertz CT molecular complexity index is 677. The van der Waals surface area contributed by atoms with E-state index in [0.717, 1.165) is 4.47 Å². The molecule has 4 nitrogen and oxygen atoms in total. The van der Waals surface area contributed by atoms with Crippen molar-refractivity contribution in [3.63, 3.8) is 0 Å². The second kappa shape index (κ2) is 6.35. The number of ether oxygens (including phenoxy) is 1. The van der Waals surface area contributed by atoms with E-state index in [-0.39, 0.29) is 5.84 Å². The van der Waals surface area contributed by atoms with E-state index in [1.807, 2.05) is 0 Å². The summed E-state index contributed by atoms with van der Waals surface area (Å²) in [6.45, 7) is 0. The maximum absolute atomic E-state index is 8.80. The maximum Gasteiger partial charge on any atom is 0.173 e. The lowest BCUT2D eigenvalue weighted by atomic mass is 10.2. The molecule has 2 rings (SSSR count). The topological polar surface area (TPSA) is 67.8 Å². The molecule has 0 spiro atoms. The molecule has 104 valence electrons. The number of nitrogens with two attached hydrogens (primary N) is 1. The van der Waals surface area contributed by atoms with Crippen LogP contribution in [-0.2, 0) is 0 Å². The Kier molecular flexibility index (Phi) is 4.75. The number of hydrogen-bond acceptors (Lipinski definition) is 3. The van der Waals surface area contributed by atoms with Gasteiger partial charge in [0, 0.05) is 15.6 Å². The van der Waals surface area contributed by atoms with E-state index in [9.17, 15) is 0 Å². The molecule has 3 N–H and O–H groups in total.